The summed E-state index contributed by atoms with van der Waals surface area (Å²) < 4.78 is 25.0. The first-order valence-electron chi connectivity index (χ1n) is 17.7. The molecule has 6 N–H and O–H groups in total. The topological polar surface area (TPSA) is 150 Å². The highest BCUT2D eigenvalue weighted by Gasteiger charge is 2.85. The van der Waals surface area contributed by atoms with Gasteiger partial charge in [-0.3, -0.25) is 10.6 Å². The predicted octanol–water partition coefficient (Wildman–Crippen LogP) is 3.11. The minimum atomic E-state index is -1.28. The van der Waals surface area contributed by atoms with Crippen LogP contribution in [0.3, 0.4) is 0 Å². The zero-order valence-electron chi connectivity index (χ0n) is 28.6. The average molecular weight is 634 g/mol. The lowest BCUT2D eigenvalue weighted by molar-refractivity contribution is -0.246. The Morgan fingerprint density at radius 3 is 2.44 bits per heavy atom. The van der Waals surface area contributed by atoms with Crippen LogP contribution in [0.25, 0.3) is 0 Å². The van der Waals surface area contributed by atoms with Crippen molar-refractivity contribution in [1.82, 2.24) is 5.01 Å². The van der Waals surface area contributed by atoms with Crippen LogP contribution >= 0.6 is 0 Å². The molecule has 2 saturated heterocycles. The van der Waals surface area contributed by atoms with E-state index in [0.717, 1.165) is 45.1 Å². The van der Waals surface area contributed by atoms with Crippen LogP contribution in [0, 0.1) is 45.3 Å². The van der Waals surface area contributed by atoms with Crippen molar-refractivity contribution in [2.45, 2.75) is 148 Å². The largest absolute Gasteiger partial charge is 0.457 e. The first-order valence-corrected chi connectivity index (χ1v) is 17.7. The third-order valence-electron chi connectivity index (χ3n) is 15.0. The van der Waals surface area contributed by atoms with E-state index in [-0.39, 0.29) is 51.8 Å². The number of hydrazine groups is 1. The van der Waals surface area contributed by atoms with E-state index in [2.05, 4.69) is 27.7 Å². The van der Waals surface area contributed by atoms with Gasteiger partial charge in [0.1, 0.15) is 0 Å². The summed E-state index contributed by atoms with van der Waals surface area (Å²) in [6, 6.07) is 0. The van der Waals surface area contributed by atoms with Gasteiger partial charge in [0.05, 0.1) is 48.7 Å². The fourth-order valence-electron chi connectivity index (χ4n) is 13.1. The summed E-state index contributed by atoms with van der Waals surface area (Å²) in [6.45, 7) is 16.0. The maximum atomic E-state index is 12.4. The van der Waals surface area contributed by atoms with E-state index in [1.165, 1.54) is 13.3 Å². The molecule has 2 heterocycles. The maximum Gasteiger partial charge on any atom is 0.303 e. The summed E-state index contributed by atoms with van der Waals surface area (Å²) in [7, 11) is 0. The molecule has 0 bridgehead atoms. The summed E-state index contributed by atoms with van der Waals surface area (Å²) in [5.41, 5.74) is 5.76. The molecule has 0 amide bonds. The van der Waals surface area contributed by atoms with E-state index in [4.69, 9.17) is 30.5 Å². The maximum absolute atomic E-state index is 12.4. The predicted molar refractivity (Wildman–Crippen MR) is 167 cm³/mol. The van der Waals surface area contributed by atoms with Gasteiger partial charge in [0.25, 0.3) is 0 Å². The molecule has 0 aromatic rings. The van der Waals surface area contributed by atoms with Crippen molar-refractivity contribution in [3.63, 3.8) is 0 Å². The summed E-state index contributed by atoms with van der Waals surface area (Å²) in [5, 5.41) is 25.2. The minimum Gasteiger partial charge on any atom is -0.457 e. The highest BCUT2D eigenvalue weighted by atomic mass is 16.7. The van der Waals surface area contributed by atoms with Crippen molar-refractivity contribution in [2.75, 3.05) is 19.7 Å². The number of nitrogens with two attached hydrogens (primary N) is 2. The normalized spacial score (nSPS) is 52.8. The molecule has 10 heteroatoms. The van der Waals surface area contributed by atoms with Gasteiger partial charge in [-0.25, -0.2) is 5.01 Å². The first-order chi connectivity index (χ1) is 20.9. The first kappa shape index (κ1) is 32.7. The second kappa shape index (κ2) is 10.3. The molecule has 45 heavy (non-hydrogen) atoms. The second-order valence-electron chi connectivity index (χ2n) is 17.8. The molecule has 7 fully saturated rings. The molecule has 5 aliphatic carbocycles. The highest BCUT2D eigenvalue weighted by molar-refractivity contribution is 5.66. The van der Waals surface area contributed by atoms with Crippen molar-refractivity contribution in [1.29, 1.82) is 0 Å². The number of carbonyl (C=O) groups excluding carboxylic acids is 1. The molecule has 0 aromatic carbocycles. The second-order valence-corrected chi connectivity index (χ2v) is 17.8. The Hall–Kier alpha value is -0.850. The van der Waals surface area contributed by atoms with E-state index in [1.54, 1.807) is 18.9 Å². The van der Waals surface area contributed by atoms with Gasteiger partial charge in [0, 0.05) is 13.5 Å². The van der Waals surface area contributed by atoms with Gasteiger partial charge in [-0.05, 0) is 111 Å². The van der Waals surface area contributed by atoms with Gasteiger partial charge < -0.3 is 34.9 Å². The Labute approximate surface area is 269 Å². The molecule has 2 aliphatic heterocycles. The number of aliphatic hydroxyl groups is 2. The lowest BCUT2D eigenvalue weighted by atomic mass is 9.43. The van der Waals surface area contributed by atoms with Crippen LogP contribution in [-0.4, -0.2) is 88.8 Å². The number of hydrogen-bond donors (Lipinski definition) is 4. The number of carbonyl (C=O) groups is 1. The van der Waals surface area contributed by atoms with Crippen molar-refractivity contribution in [2.24, 2.45) is 56.9 Å². The summed E-state index contributed by atoms with van der Waals surface area (Å²) in [5.74, 6) is 6.68. The van der Waals surface area contributed by atoms with Crippen LogP contribution in [-0.2, 0) is 23.7 Å². The summed E-state index contributed by atoms with van der Waals surface area (Å²) in [4.78, 5) is 12.0. The Morgan fingerprint density at radius 1 is 1.09 bits per heavy atom. The Kier molecular flexibility index (Phi) is 7.50. The van der Waals surface area contributed by atoms with Crippen LogP contribution in [0.5, 0.6) is 0 Å². The molecule has 5 saturated carbocycles. The zero-order chi connectivity index (χ0) is 32.5. The quantitative estimate of drug-likeness (QED) is 0.263. The fourth-order valence-corrected chi connectivity index (χ4v) is 13.1. The van der Waals surface area contributed by atoms with Gasteiger partial charge in [0.15, 0.2) is 12.4 Å². The van der Waals surface area contributed by atoms with Crippen LogP contribution in [0.4, 0.5) is 0 Å². The molecule has 10 nitrogen and oxygen atoms in total. The van der Waals surface area contributed by atoms with E-state index in [9.17, 15) is 15.0 Å². The number of ether oxygens (including phenoxy) is 4. The third-order valence-corrected chi connectivity index (χ3v) is 15.0. The lowest BCUT2D eigenvalue weighted by Crippen LogP contribution is -2.70. The van der Waals surface area contributed by atoms with Crippen LogP contribution in [0.1, 0.15) is 99.8 Å². The smallest absolute Gasteiger partial charge is 0.303 e. The number of morpholine rings is 1. The monoisotopic (exact) mass is 633 g/mol. The Bertz CT molecular complexity index is 1190. The van der Waals surface area contributed by atoms with Crippen LogP contribution in [0.2, 0.25) is 0 Å². The van der Waals surface area contributed by atoms with Crippen molar-refractivity contribution in [3.05, 3.63) is 0 Å². The number of aliphatic hydroxyl groups excluding tert-OH is 1. The minimum absolute atomic E-state index is 0.00852. The fraction of sp³-hybridized carbons (Fsp3) is 0.971. The number of nitrogens with zero attached hydrogens (tertiary/aromatic N) is 1. The summed E-state index contributed by atoms with van der Waals surface area (Å²) in [6.07, 6.45) is 5.36. The van der Waals surface area contributed by atoms with Gasteiger partial charge in [-0.1, -0.05) is 27.7 Å². The van der Waals surface area contributed by atoms with E-state index in [1.807, 2.05) is 0 Å². The standard InChI is InChI=1S/C35H59N3O7/c1-19-16-21(29(31(5,6)41)43-20(2)39)44-27-26(19)32(7)12-13-34-18-33(34)11-10-24(45-25-17-38(37)14-15-42-25)30(3,4)22(33)8-9-23(34)35(32,36)28(27)40/h19,21-29,40-41H,8-18,36-37H2,1-7H3/t19-,21?,22+,23?,24+,25+,26+,27?,28+,29+,32-,33?,34?,35+/m1/s1. The van der Waals surface area contributed by atoms with Gasteiger partial charge >= 0.3 is 5.97 Å². The van der Waals surface area contributed by atoms with E-state index >= 15 is 0 Å². The Balaban J connectivity index is 1.15. The van der Waals surface area contributed by atoms with Crippen molar-refractivity contribution >= 4 is 5.97 Å². The molecule has 7 aliphatic rings. The lowest BCUT2D eigenvalue weighted by Gasteiger charge is -2.63. The molecule has 5 unspecified atom stereocenters. The molecule has 0 aromatic heterocycles. The number of fused-ring (bicyclic) bond motifs is 4. The van der Waals surface area contributed by atoms with Crippen LogP contribution in [0.15, 0.2) is 0 Å². The van der Waals surface area contributed by atoms with E-state index < -0.39 is 41.5 Å². The molecular formula is C35H59N3O7. The van der Waals surface area contributed by atoms with E-state index in [0.29, 0.717) is 25.5 Å². The molecule has 256 valence electrons. The van der Waals surface area contributed by atoms with Gasteiger partial charge in [0.2, 0.25) is 0 Å². The Morgan fingerprint density at radius 2 is 1.78 bits per heavy atom. The average Bonchev–Trinajstić information content (AvgIpc) is 3.57. The highest BCUT2D eigenvalue weighted by Crippen LogP contribution is 2.87. The molecule has 0 radical (unpaired) electrons. The zero-order valence-corrected chi connectivity index (χ0v) is 28.6. The number of hydrogen-bond acceptors (Lipinski definition) is 10. The number of rotatable bonds is 5. The molecule has 7 rings (SSSR count). The third kappa shape index (κ3) is 4.38. The molecular weight excluding hydrogens is 574 g/mol. The van der Waals surface area contributed by atoms with Gasteiger partial charge in [-0.15, -0.1) is 0 Å². The molecule has 2 spiro atoms. The summed E-state index contributed by atoms with van der Waals surface area (Å²) >= 11 is 0. The molecule has 14 atom stereocenters. The SMILES string of the molecule is CC(=O)O[C@@H](C1C[C@@H](C)[C@H]2C(O1)[C@H](O)[C@@]1(N)C3CC[C@H]4C(C)(C)[C@@H](O[C@H]5CN(N)CCO5)CCC45CC35CC[C@]21C)C(C)(C)O. The van der Waals surface area contributed by atoms with Crippen LogP contribution < -0.4 is 11.6 Å². The van der Waals surface area contributed by atoms with Crippen molar-refractivity contribution < 1.29 is 34.0 Å². The van der Waals surface area contributed by atoms with Crippen molar-refractivity contribution in [3.8, 4) is 0 Å². The number of esters is 1. The van der Waals surface area contributed by atoms with Gasteiger partial charge in [-0.2, -0.15) is 0 Å².